The van der Waals surface area contributed by atoms with Crippen LogP contribution in [0.4, 0.5) is 0 Å². The summed E-state index contributed by atoms with van der Waals surface area (Å²) < 4.78 is 0. The molecule has 3 N–H and O–H groups in total. The van der Waals surface area contributed by atoms with Crippen molar-refractivity contribution in [1.82, 2.24) is 4.98 Å². The van der Waals surface area contributed by atoms with Crippen LogP contribution in [0.15, 0.2) is 5.38 Å². The number of thiazole rings is 1. The van der Waals surface area contributed by atoms with Crippen LogP contribution in [0.2, 0.25) is 0 Å². The summed E-state index contributed by atoms with van der Waals surface area (Å²) >= 11 is 1.45. The van der Waals surface area contributed by atoms with Crippen molar-refractivity contribution in [3.8, 4) is 0 Å². The highest BCUT2D eigenvalue weighted by Gasteiger charge is 2.13. The minimum atomic E-state index is -0.0125. The molecule has 0 spiro atoms. The highest BCUT2D eigenvalue weighted by atomic mass is 32.1. The van der Waals surface area contributed by atoms with Gasteiger partial charge in [0.05, 0.1) is 18.3 Å². The largest absolute Gasteiger partial charge is 0.389 e. The number of rotatable bonds is 3. The maximum atomic E-state index is 8.78. The van der Waals surface area contributed by atoms with E-state index in [0.29, 0.717) is 5.92 Å². The molecule has 0 fully saturated rings. The van der Waals surface area contributed by atoms with E-state index in [1.54, 1.807) is 0 Å². The number of aliphatic hydroxyl groups excluding tert-OH is 1. The van der Waals surface area contributed by atoms with Gasteiger partial charge in [-0.1, -0.05) is 13.8 Å². The minimum absolute atomic E-state index is 0.00941. The van der Waals surface area contributed by atoms with Crippen LogP contribution in [0.5, 0.6) is 0 Å². The van der Waals surface area contributed by atoms with E-state index >= 15 is 0 Å². The molecule has 0 radical (unpaired) electrons. The van der Waals surface area contributed by atoms with Crippen LogP contribution in [-0.4, -0.2) is 10.1 Å². The fourth-order valence-electron chi connectivity index (χ4n) is 0.892. The van der Waals surface area contributed by atoms with Crippen LogP contribution in [-0.2, 0) is 6.61 Å². The van der Waals surface area contributed by atoms with Crippen molar-refractivity contribution in [2.45, 2.75) is 26.5 Å². The lowest BCUT2D eigenvalue weighted by Gasteiger charge is -2.11. The topological polar surface area (TPSA) is 59.1 Å². The summed E-state index contributed by atoms with van der Waals surface area (Å²) in [4.78, 5) is 4.19. The van der Waals surface area contributed by atoms with E-state index in [9.17, 15) is 0 Å². The first-order valence-corrected chi connectivity index (χ1v) is 4.84. The van der Waals surface area contributed by atoms with E-state index in [1.807, 2.05) is 5.38 Å². The van der Waals surface area contributed by atoms with E-state index in [-0.39, 0.29) is 12.6 Å². The van der Waals surface area contributed by atoms with Gasteiger partial charge in [-0.25, -0.2) is 4.98 Å². The molecule has 1 unspecified atom stereocenters. The predicted octanol–water partition coefficient (Wildman–Crippen LogP) is 1.29. The average molecular weight is 186 g/mol. The maximum absolute atomic E-state index is 8.78. The van der Waals surface area contributed by atoms with Gasteiger partial charge in [-0.3, -0.25) is 0 Å². The van der Waals surface area contributed by atoms with Gasteiger partial charge in [-0.15, -0.1) is 11.3 Å². The Hall–Kier alpha value is -0.450. The van der Waals surface area contributed by atoms with Gasteiger partial charge in [-0.05, 0) is 5.92 Å². The van der Waals surface area contributed by atoms with Gasteiger partial charge in [-0.2, -0.15) is 0 Å². The molecule has 68 valence electrons. The fourth-order valence-corrected chi connectivity index (χ4v) is 1.59. The summed E-state index contributed by atoms with van der Waals surface area (Å²) in [6.07, 6.45) is 0. The monoisotopic (exact) mass is 186 g/mol. The molecule has 0 aliphatic rings. The zero-order valence-corrected chi connectivity index (χ0v) is 8.14. The van der Waals surface area contributed by atoms with Gasteiger partial charge >= 0.3 is 0 Å². The number of nitrogens with two attached hydrogens (primary N) is 1. The molecule has 0 saturated carbocycles. The second-order valence-corrected chi connectivity index (χ2v) is 4.04. The van der Waals surface area contributed by atoms with Crippen molar-refractivity contribution in [3.05, 3.63) is 16.1 Å². The molecule has 1 heterocycles. The van der Waals surface area contributed by atoms with Gasteiger partial charge in [0.2, 0.25) is 0 Å². The Kier molecular flexibility index (Phi) is 3.20. The number of hydrogen-bond donors (Lipinski definition) is 2. The molecule has 1 aromatic rings. The Morgan fingerprint density at radius 1 is 1.67 bits per heavy atom. The summed E-state index contributed by atoms with van der Waals surface area (Å²) in [6, 6.07) is -0.0125. The first-order chi connectivity index (χ1) is 5.65. The molecule has 0 aromatic carbocycles. The first-order valence-electron chi connectivity index (χ1n) is 3.96. The molecule has 1 atom stereocenters. The molecule has 0 aliphatic carbocycles. The second kappa shape index (κ2) is 3.98. The second-order valence-electron chi connectivity index (χ2n) is 3.09. The average Bonchev–Trinajstić information content (AvgIpc) is 2.50. The van der Waals surface area contributed by atoms with Crippen LogP contribution in [0, 0.1) is 5.92 Å². The number of hydrogen-bond acceptors (Lipinski definition) is 4. The molecule has 1 rings (SSSR count). The fraction of sp³-hybridized carbons (Fsp3) is 0.625. The highest BCUT2D eigenvalue weighted by molar-refractivity contribution is 7.09. The summed E-state index contributed by atoms with van der Waals surface area (Å²) in [5, 5.41) is 11.4. The Morgan fingerprint density at radius 3 is 2.75 bits per heavy atom. The van der Waals surface area contributed by atoms with Crippen LogP contribution >= 0.6 is 11.3 Å². The Balaban J connectivity index is 2.74. The molecule has 0 amide bonds. The third kappa shape index (κ3) is 2.03. The minimum Gasteiger partial charge on any atom is -0.389 e. The SMILES string of the molecule is CC(C)C(N)c1csc(CO)n1. The third-order valence-electron chi connectivity index (χ3n) is 1.76. The van der Waals surface area contributed by atoms with Gasteiger partial charge in [0.1, 0.15) is 5.01 Å². The molecular formula is C8H14N2OS. The summed E-state index contributed by atoms with van der Waals surface area (Å²) in [5.41, 5.74) is 6.76. The van der Waals surface area contributed by atoms with Gasteiger partial charge < -0.3 is 10.8 Å². The zero-order chi connectivity index (χ0) is 9.14. The van der Waals surface area contributed by atoms with E-state index in [1.165, 1.54) is 11.3 Å². The molecular weight excluding hydrogens is 172 g/mol. The lowest BCUT2D eigenvalue weighted by Crippen LogP contribution is -2.17. The van der Waals surface area contributed by atoms with Crippen molar-refractivity contribution in [2.24, 2.45) is 11.7 Å². The Morgan fingerprint density at radius 2 is 2.33 bits per heavy atom. The van der Waals surface area contributed by atoms with Crippen molar-refractivity contribution >= 4 is 11.3 Å². The molecule has 0 saturated heterocycles. The standard InChI is InChI=1S/C8H14N2OS/c1-5(2)8(9)6-4-12-7(3-11)10-6/h4-5,8,11H,3,9H2,1-2H3. The van der Waals surface area contributed by atoms with Crippen LogP contribution in [0.1, 0.15) is 30.6 Å². The maximum Gasteiger partial charge on any atom is 0.118 e. The number of aliphatic hydroxyl groups is 1. The van der Waals surface area contributed by atoms with Gasteiger partial charge in [0.15, 0.2) is 0 Å². The van der Waals surface area contributed by atoms with Gasteiger partial charge in [0.25, 0.3) is 0 Å². The van der Waals surface area contributed by atoms with Crippen LogP contribution < -0.4 is 5.73 Å². The number of nitrogens with zero attached hydrogens (tertiary/aromatic N) is 1. The van der Waals surface area contributed by atoms with Crippen LogP contribution in [0.3, 0.4) is 0 Å². The summed E-state index contributed by atoms with van der Waals surface area (Å²) in [5.74, 6) is 0.388. The van der Waals surface area contributed by atoms with Crippen LogP contribution in [0.25, 0.3) is 0 Å². The normalized spacial score (nSPS) is 13.8. The molecule has 12 heavy (non-hydrogen) atoms. The molecule has 0 aliphatic heterocycles. The Bertz CT molecular complexity index is 247. The summed E-state index contributed by atoms with van der Waals surface area (Å²) in [7, 11) is 0. The van der Waals surface area contributed by atoms with Crippen molar-refractivity contribution in [3.63, 3.8) is 0 Å². The first kappa shape index (κ1) is 9.64. The van der Waals surface area contributed by atoms with Crippen molar-refractivity contribution in [1.29, 1.82) is 0 Å². The highest BCUT2D eigenvalue weighted by Crippen LogP contribution is 2.20. The van der Waals surface area contributed by atoms with E-state index in [2.05, 4.69) is 18.8 Å². The Labute approximate surface area is 76.3 Å². The van der Waals surface area contributed by atoms with E-state index in [0.717, 1.165) is 10.7 Å². The lowest BCUT2D eigenvalue weighted by molar-refractivity contribution is 0.280. The van der Waals surface area contributed by atoms with E-state index in [4.69, 9.17) is 10.8 Å². The molecule has 0 bridgehead atoms. The third-order valence-corrected chi connectivity index (χ3v) is 2.62. The van der Waals surface area contributed by atoms with Crippen molar-refractivity contribution < 1.29 is 5.11 Å². The van der Waals surface area contributed by atoms with E-state index < -0.39 is 0 Å². The number of aromatic nitrogens is 1. The van der Waals surface area contributed by atoms with Gasteiger partial charge in [0, 0.05) is 5.38 Å². The molecule has 3 nitrogen and oxygen atoms in total. The zero-order valence-electron chi connectivity index (χ0n) is 7.32. The predicted molar refractivity (Wildman–Crippen MR) is 49.8 cm³/mol. The summed E-state index contributed by atoms with van der Waals surface area (Å²) in [6.45, 7) is 4.13. The molecule has 1 aromatic heterocycles. The lowest BCUT2D eigenvalue weighted by atomic mass is 10.0. The quantitative estimate of drug-likeness (QED) is 0.748. The smallest absolute Gasteiger partial charge is 0.118 e. The molecule has 4 heteroatoms. The van der Waals surface area contributed by atoms with Crippen molar-refractivity contribution in [2.75, 3.05) is 0 Å².